The second kappa shape index (κ2) is 6.07. The van der Waals surface area contributed by atoms with Crippen LogP contribution in [0.25, 0.3) is 0 Å². The Kier molecular flexibility index (Phi) is 4.37. The van der Waals surface area contributed by atoms with E-state index in [1.807, 2.05) is 0 Å². The van der Waals surface area contributed by atoms with Crippen molar-refractivity contribution < 1.29 is 23.1 Å². The van der Waals surface area contributed by atoms with Crippen molar-refractivity contribution in [1.29, 1.82) is 0 Å². The average Bonchev–Trinajstić information content (AvgIpc) is 2.47. The average molecular weight is 321 g/mol. The number of aromatic carboxylic acids is 1. The number of hydrogen-bond acceptors (Lipinski definition) is 4. The molecule has 0 atom stereocenters. The van der Waals surface area contributed by atoms with Gasteiger partial charge < -0.3 is 9.84 Å². The van der Waals surface area contributed by atoms with E-state index in [4.69, 9.17) is 9.84 Å². The first-order chi connectivity index (χ1) is 10.3. The molecule has 2 aromatic carbocycles. The number of carboxylic acid groups (broad SMARTS) is 1. The first kappa shape index (κ1) is 15.8. The zero-order valence-electron chi connectivity index (χ0n) is 12.0. The third kappa shape index (κ3) is 3.20. The van der Waals surface area contributed by atoms with Gasteiger partial charge in [0.25, 0.3) is 10.0 Å². The summed E-state index contributed by atoms with van der Waals surface area (Å²) in [6, 6.07) is 10.5. The summed E-state index contributed by atoms with van der Waals surface area (Å²) in [5, 5.41) is 9.09. The molecule has 2 N–H and O–H groups in total. The lowest BCUT2D eigenvalue weighted by atomic mass is 10.1. The highest BCUT2D eigenvalue weighted by Crippen LogP contribution is 2.26. The molecular formula is C15H15NO5S. The number of methoxy groups -OCH3 is 1. The van der Waals surface area contributed by atoms with Gasteiger partial charge in [-0.25, -0.2) is 13.2 Å². The van der Waals surface area contributed by atoms with Crippen molar-refractivity contribution >= 4 is 21.7 Å². The monoisotopic (exact) mass is 321 g/mol. The molecule has 0 fully saturated rings. The minimum Gasteiger partial charge on any atom is -0.495 e. The van der Waals surface area contributed by atoms with Gasteiger partial charge in [-0.05, 0) is 36.8 Å². The summed E-state index contributed by atoms with van der Waals surface area (Å²) in [4.78, 5) is 11.0. The Balaban J connectivity index is 2.43. The smallest absolute Gasteiger partial charge is 0.335 e. The number of rotatable bonds is 5. The highest BCUT2D eigenvalue weighted by Gasteiger charge is 2.19. The van der Waals surface area contributed by atoms with Crippen molar-refractivity contribution in [3.63, 3.8) is 0 Å². The van der Waals surface area contributed by atoms with Crippen LogP contribution < -0.4 is 9.46 Å². The van der Waals surface area contributed by atoms with Gasteiger partial charge in [0.15, 0.2) is 0 Å². The Morgan fingerprint density at radius 1 is 1.18 bits per heavy atom. The normalized spacial score (nSPS) is 11.0. The Labute approximate surface area is 128 Å². The van der Waals surface area contributed by atoms with Gasteiger partial charge in [0.05, 0.1) is 23.3 Å². The summed E-state index contributed by atoms with van der Waals surface area (Å²) >= 11 is 0. The molecule has 0 saturated carbocycles. The maximum absolute atomic E-state index is 12.4. The van der Waals surface area contributed by atoms with Crippen molar-refractivity contribution in [2.45, 2.75) is 11.8 Å². The molecule has 2 aromatic rings. The lowest BCUT2D eigenvalue weighted by molar-refractivity contribution is 0.0696. The summed E-state index contributed by atoms with van der Waals surface area (Å²) in [6.07, 6.45) is 0. The van der Waals surface area contributed by atoms with Gasteiger partial charge in [0, 0.05) is 0 Å². The van der Waals surface area contributed by atoms with Gasteiger partial charge >= 0.3 is 5.97 Å². The maximum Gasteiger partial charge on any atom is 0.335 e. The fourth-order valence-electron chi connectivity index (χ4n) is 1.93. The summed E-state index contributed by atoms with van der Waals surface area (Å²) in [6.45, 7) is 1.60. The van der Waals surface area contributed by atoms with Gasteiger partial charge in [-0.1, -0.05) is 18.2 Å². The molecule has 0 aliphatic heterocycles. The molecule has 7 heteroatoms. The van der Waals surface area contributed by atoms with E-state index in [2.05, 4.69) is 4.72 Å². The lowest BCUT2D eigenvalue weighted by Gasteiger charge is -2.12. The number of aryl methyl sites for hydroxylation is 1. The number of hydrogen-bond donors (Lipinski definition) is 2. The second-order valence-corrected chi connectivity index (χ2v) is 6.27. The number of anilines is 1. The van der Waals surface area contributed by atoms with E-state index in [0.717, 1.165) is 6.07 Å². The van der Waals surface area contributed by atoms with Crippen LogP contribution in [0, 0.1) is 6.92 Å². The van der Waals surface area contributed by atoms with Crippen LogP contribution in [-0.4, -0.2) is 26.6 Å². The van der Waals surface area contributed by atoms with E-state index in [9.17, 15) is 13.2 Å². The molecule has 0 bridgehead atoms. The van der Waals surface area contributed by atoms with Crippen molar-refractivity contribution in [3.8, 4) is 5.75 Å². The quantitative estimate of drug-likeness (QED) is 0.882. The lowest BCUT2D eigenvalue weighted by Crippen LogP contribution is -2.14. The van der Waals surface area contributed by atoms with Crippen LogP contribution in [0.1, 0.15) is 15.9 Å². The molecule has 0 unspecified atom stereocenters. The molecule has 22 heavy (non-hydrogen) atoms. The van der Waals surface area contributed by atoms with E-state index >= 15 is 0 Å². The van der Waals surface area contributed by atoms with Gasteiger partial charge in [-0.3, -0.25) is 4.72 Å². The molecule has 0 radical (unpaired) electrons. The van der Waals surface area contributed by atoms with Gasteiger partial charge in [0.2, 0.25) is 0 Å². The van der Waals surface area contributed by atoms with Crippen molar-refractivity contribution in [2.75, 3.05) is 11.8 Å². The van der Waals surface area contributed by atoms with E-state index in [0.29, 0.717) is 11.3 Å². The predicted octanol–water partition coefficient (Wildman–Crippen LogP) is 2.50. The number of benzene rings is 2. The molecule has 0 heterocycles. The SMILES string of the molecule is COc1ccccc1NS(=O)(=O)c1ccc(C)c(C(=O)O)c1. The zero-order chi connectivity index (χ0) is 16.3. The third-order valence-corrected chi connectivity index (χ3v) is 4.46. The standard InChI is InChI=1S/C15H15NO5S/c1-10-7-8-11(9-12(10)15(17)18)22(19,20)16-13-5-3-4-6-14(13)21-2/h3-9,16H,1-2H3,(H,17,18). The van der Waals surface area contributed by atoms with E-state index < -0.39 is 16.0 Å². The fraction of sp³-hybridized carbons (Fsp3) is 0.133. The fourth-order valence-corrected chi connectivity index (χ4v) is 3.03. The van der Waals surface area contributed by atoms with Gasteiger partial charge in [-0.2, -0.15) is 0 Å². The molecule has 116 valence electrons. The Morgan fingerprint density at radius 3 is 2.50 bits per heavy atom. The zero-order valence-corrected chi connectivity index (χ0v) is 12.8. The van der Waals surface area contributed by atoms with Gasteiger partial charge in [-0.15, -0.1) is 0 Å². The molecule has 0 spiro atoms. The number of carbonyl (C=O) groups is 1. The van der Waals surface area contributed by atoms with E-state index in [-0.39, 0.29) is 16.1 Å². The topological polar surface area (TPSA) is 92.7 Å². The highest BCUT2D eigenvalue weighted by molar-refractivity contribution is 7.92. The molecular weight excluding hydrogens is 306 g/mol. The van der Waals surface area contributed by atoms with Crippen molar-refractivity contribution in [3.05, 3.63) is 53.6 Å². The summed E-state index contributed by atoms with van der Waals surface area (Å²) in [5.74, 6) is -0.802. The van der Waals surface area contributed by atoms with Crippen LogP contribution in [0.5, 0.6) is 5.75 Å². The minimum atomic E-state index is -3.91. The van der Waals surface area contributed by atoms with Crippen LogP contribution in [-0.2, 0) is 10.0 Å². The van der Waals surface area contributed by atoms with Crippen molar-refractivity contribution in [1.82, 2.24) is 0 Å². The minimum absolute atomic E-state index is 0.0529. The molecule has 0 saturated heterocycles. The number of nitrogens with one attached hydrogen (secondary N) is 1. The number of sulfonamides is 1. The number of para-hydroxylation sites is 2. The molecule has 0 amide bonds. The van der Waals surface area contributed by atoms with Crippen LogP contribution in [0.2, 0.25) is 0 Å². The predicted molar refractivity (Wildman–Crippen MR) is 81.9 cm³/mol. The second-order valence-electron chi connectivity index (χ2n) is 4.59. The summed E-state index contributed by atoms with van der Waals surface area (Å²) in [5.41, 5.74) is 0.717. The maximum atomic E-state index is 12.4. The van der Waals surface area contributed by atoms with Crippen LogP contribution in [0.4, 0.5) is 5.69 Å². The molecule has 0 aliphatic rings. The van der Waals surface area contributed by atoms with Crippen LogP contribution >= 0.6 is 0 Å². The van der Waals surface area contributed by atoms with Crippen LogP contribution in [0.15, 0.2) is 47.4 Å². The first-order valence-corrected chi connectivity index (χ1v) is 7.83. The molecule has 0 aliphatic carbocycles. The number of ether oxygens (including phenoxy) is 1. The van der Waals surface area contributed by atoms with E-state index in [1.54, 1.807) is 31.2 Å². The Bertz CT molecular complexity index is 814. The highest BCUT2D eigenvalue weighted by atomic mass is 32.2. The van der Waals surface area contributed by atoms with Crippen molar-refractivity contribution in [2.24, 2.45) is 0 Å². The molecule has 2 rings (SSSR count). The Hall–Kier alpha value is -2.54. The Morgan fingerprint density at radius 2 is 1.86 bits per heavy atom. The third-order valence-electron chi connectivity index (χ3n) is 3.10. The van der Waals surface area contributed by atoms with E-state index in [1.165, 1.54) is 19.2 Å². The largest absolute Gasteiger partial charge is 0.495 e. The summed E-state index contributed by atoms with van der Waals surface area (Å²) in [7, 11) is -2.48. The number of carboxylic acids is 1. The summed E-state index contributed by atoms with van der Waals surface area (Å²) < 4.78 is 32.3. The van der Waals surface area contributed by atoms with Crippen LogP contribution in [0.3, 0.4) is 0 Å². The molecule has 0 aromatic heterocycles. The first-order valence-electron chi connectivity index (χ1n) is 6.35. The van der Waals surface area contributed by atoms with Gasteiger partial charge in [0.1, 0.15) is 5.75 Å². The molecule has 6 nitrogen and oxygen atoms in total.